The van der Waals surface area contributed by atoms with Gasteiger partial charge in [0.05, 0.1) is 11.7 Å². The van der Waals surface area contributed by atoms with Crippen LogP contribution in [0.2, 0.25) is 0 Å². The third-order valence-corrected chi connectivity index (χ3v) is 4.48. The van der Waals surface area contributed by atoms with Gasteiger partial charge in [0.25, 0.3) is 0 Å². The van der Waals surface area contributed by atoms with Crippen LogP contribution in [-0.4, -0.2) is 64.7 Å². The zero-order valence-electron chi connectivity index (χ0n) is 15.5. The van der Waals surface area contributed by atoms with Gasteiger partial charge in [0, 0.05) is 59.9 Å². The first-order valence-corrected chi connectivity index (χ1v) is 8.76. The van der Waals surface area contributed by atoms with Crippen LogP contribution in [0.25, 0.3) is 0 Å². The maximum absolute atomic E-state index is 5.77. The molecular formula is C17H35N3O3. The first-order chi connectivity index (χ1) is 11.1. The SMILES string of the molecule is CCOC(CCNC(=NC)NCC1(OC)CCOCC1)C(C)C. The molecule has 1 aliphatic heterocycles. The predicted octanol–water partition coefficient (Wildman–Crippen LogP) is 1.80. The standard InChI is InChI=1S/C17H35N3O3/c1-6-23-15(14(2)3)7-10-19-16(18-4)20-13-17(21-5)8-11-22-12-9-17/h14-15H,6-13H2,1-5H3,(H2,18,19,20). The first kappa shape index (κ1) is 20.2. The average molecular weight is 329 g/mol. The Labute approximate surface area is 141 Å². The fourth-order valence-corrected chi connectivity index (χ4v) is 2.82. The fraction of sp³-hybridized carbons (Fsp3) is 0.941. The molecule has 6 heteroatoms. The molecule has 0 aliphatic carbocycles. The Morgan fingerprint density at radius 3 is 2.48 bits per heavy atom. The summed E-state index contributed by atoms with van der Waals surface area (Å²) in [5, 5.41) is 6.75. The number of methoxy groups -OCH3 is 1. The highest BCUT2D eigenvalue weighted by molar-refractivity contribution is 5.79. The van der Waals surface area contributed by atoms with Crippen molar-refractivity contribution < 1.29 is 14.2 Å². The molecule has 1 fully saturated rings. The van der Waals surface area contributed by atoms with Crippen molar-refractivity contribution >= 4 is 5.96 Å². The van der Waals surface area contributed by atoms with Crippen LogP contribution >= 0.6 is 0 Å². The normalized spacial score (nSPS) is 19.7. The number of nitrogens with one attached hydrogen (secondary N) is 2. The van der Waals surface area contributed by atoms with Gasteiger partial charge in [0.15, 0.2) is 5.96 Å². The molecule has 1 saturated heterocycles. The van der Waals surface area contributed by atoms with Gasteiger partial charge in [0.2, 0.25) is 0 Å². The lowest BCUT2D eigenvalue weighted by atomic mass is 9.94. The molecule has 0 saturated carbocycles. The third kappa shape index (κ3) is 7.06. The van der Waals surface area contributed by atoms with E-state index in [2.05, 4.69) is 29.5 Å². The largest absolute Gasteiger partial charge is 0.381 e. The van der Waals surface area contributed by atoms with E-state index in [0.717, 1.165) is 58.1 Å². The van der Waals surface area contributed by atoms with Crippen molar-refractivity contribution in [3.63, 3.8) is 0 Å². The Morgan fingerprint density at radius 2 is 1.96 bits per heavy atom. The second-order valence-corrected chi connectivity index (χ2v) is 6.38. The molecule has 23 heavy (non-hydrogen) atoms. The zero-order chi connectivity index (χ0) is 17.1. The first-order valence-electron chi connectivity index (χ1n) is 8.76. The van der Waals surface area contributed by atoms with E-state index >= 15 is 0 Å². The van der Waals surface area contributed by atoms with E-state index in [0.29, 0.717) is 5.92 Å². The minimum atomic E-state index is -0.151. The topological polar surface area (TPSA) is 64.1 Å². The highest BCUT2D eigenvalue weighted by Gasteiger charge is 2.32. The number of rotatable bonds is 9. The van der Waals surface area contributed by atoms with Gasteiger partial charge in [-0.05, 0) is 19.3 Å². The average Bonchev–Trinajstić information content (AvgIpc) is 2.57. The monoisotopic (exact) mass is 329 g/mol. The van der Waals surface area contributed by atoms with Gasteiger partial charge in [-0.25, -0.2) is 0 Å². The number of ether oxygens (including phenoxy) is 3. The van der Waals surface area contributed by atoms with Crippen LogP contribution in [0.1, 0.15) is 40.0 Å². The van der Waals surface area contributed by atoms with Gasteiger partial charge < -0.3 is 24.8 Å². The number of aliphatic imine (C=N–C) groups is 1. The Bertz CT molecular complexity index is 342. The summed E-state index contributed by atoms with van der Waals surface area (Å²) in [6, 6.07) is 0. The van der Waals surface area contributed by atoms with Crippen molar-refractivity contribution in [2.24, 2.45) is 10.9 Å². The van der Waals surface area contributed by atoms with Crippen molar-refractivity contribution in [2.45, 2.75) is 51.7 Å². The summed E-state index contributed by atoms with van der Waals surface area (Å²) >= 11 is 0. The molecule has 2 N–H and O–H groups in total. The summed E-state index contributed by atoms with van der Waals surface area (Å²) in [6.07, 6.45) is 3.07. The van der Waals surface area contributed by atoms with Crippen molar-refractivity contribution in [1.29, 1.82) is 0 Å². The van der Waals surface area contributed by atoms with Gasteiger partial charge in [-0.15, -0.1) is 0 Å². The van der Waals surface area contributed by atoms with E-state index in [9.17, 15) is 0 Å². The molecule has 0 amide bonds. The van der Waals surface area contributed by atoms with Crippen LogP contribution in [0.15, 0.2) is 4.99 Å². The fourth-order valence-electron chi connectivity index (χ4n) is 2.82. The van der Waals surface area contributed by atoms with Gasteiger partial charge in [0.1, 0.15) is 0 Å². The molecule has 1 aliphatic rings. The molecule has 6 nitrogen and oxygen atoms in total. The highest BCUT2D eigenvalue weighted by Crippen LogP contribution is 2.23. The van der Waals surface area contributed by atoms with Crippen LogP contribution in [-0.2, 0) is 14.2 Å². The molecule has 1 unspecified atom stereocenters. The van der Waals surface area contributed by atoms with Crippen LogP contribution in [0.4, 0.5) is 0 Å². The maximum Gasteiger partial charge on any atom is 0.191 e. The molecule has 0 aromatic heterocycles. The van der Waals surface area contributed by atoms with Crippen molar-refractivity contribution in [2.75, 3.05) is 47.1 Å². The summed E-state index contributed by atoms with van der Waals surface area (Å²) in [5.74, 6) is 1.33. The Morgan fingerprint density at radius 1 is 1.26 bits per heavy atom. The van der Waals surface area contributed by atoms with E-state index in [1.54, 1.807) is 14.2 Å². The molecule has 1 rings (SSSR count). The zero-order valence-corrected chi connectivity index (χ0v) is 15.5. The third-order valence-electron chi connectivity index (χ3n) is 4.48. The van der Waals surface area contributed by atoms with Gasteiger partial charge in [-0.1, -0.05) is 13.8 Å². The van der Waals surface area contributed by atoms with Crippen LogP contribution in [0, 0.1) is 5.92 Å². The molecule has 0 aromatic rings. The smallest absolute Gasteiger partial charge is 0.191 e. The molecule has 0 radical (unpaired) electrons. The number of nitrogens with zero attached hydrogens (tertiary/aromatic N) is 1. The minimum absolute atomic E-state index is 0.151. The Kier molecular flexibility index (Phi) is 9.52. The minimum Gasteiger partial charge on any atom is -0.381 e. The van der Waals surface area contributed by atoms with E-state index in [1.807, 2.05) is 6.92 Å². The summed E-state index contributed by atoms with van der Waals surface area (Å²) in [6.45, 7) is 10.3. The lowest BCUT2D eigenvalue weighted by molar-refractivity contribution is -0.0855. The summed E-state index contributed by atoms with van der Waals surface area (Å²) in [4.78, 5) is 4.29. The van der Waals surface area contributed by atoms with Gasteiger partial charge in [-0.2, -0.15) is 0 Å². The van der Waals surface area contributed by atoms with E-state index in [1.165, 1.54) is 0 Å². The van der Waals surface area contributed by atoms with E-state index in [4.69, 9.17) is 14.2 Å². The van der Waals surface area contributed by atoms with Crippen LogP contribution in [0.3, 0.4) is 0 Å². The number of hydrogen-bond donors (Lipinski definition) is 2. The quantitative estimate of drug-likeness (QED) is 0.499. The van der Waals surface area contributed by atoms with Crippen molar-refractivity contribution in [3.8, 4) is 0 Å². The summed E-state index contributed by atoms with van der Waals surface area (Å²) in [5.41, 5.74) is -0.151. The number of hydrogen-bond acceptors (Lipinski definition) is 4. The summed E-state index contributed by atoms with van der Waals surface area (Å²) in [7, 11) is 3.57. The molecule has 1 heterocycles. The van der Waals surface area contributed by atoms with E-state index in [-0.39, 0.29) is 11.7 Å². The second kappa shape index (κ2) is 10.8. The lowest BCUT2D eigenvalue weighted by Crippen LogP contribution is -2.51. The molecule has 136 valence electrons. The molecule has 1 atom stereocenters. The molecule has 0 bridgehead atoms. The predicted molar refractivity (Wildman–Crippen MR) is 94.0 cm³/mol. The Hall–Kier alpha value is -0.850. The molecule has 0 aromatic carbocycles. The van der Waals surface area contributed by atoms with Crippen molar-refractivity contribution in [1.82, 2.24) is 10.6 Å². The summed E-state index contributed by atoms with van der Waals surface area (Å²) < 4.78 is 16.9. The van der Waals surface area contributed by atoms with Gasteiger partial charge >= 0.3 is 0 Å². The highest BCUT2D eigenvalue weighted by atomic mass is 16.5. The van der Waals surface area contributed by atoms with E-state index < -0.39 is 0 Å². The van der Waals surface area contributed by atoms with Crippen LogP contribution in [0.5, 0.6) is 0 Å². The maximum atomic E-state index is 5.77. The second-order valence-electron chi connectivity index (χ2n) is 6.38. The van der Waals surface area contributed by atoms with Crippen molar-refractivity contribution in [3.05, 3.63) is 0 Å². The lowest BCUT2D eigenvalue weighted by Gasteiger charge is -2.36. The Balaban J connectivity index is 2.36. The molecule has 0 spiro atoms. The van der Waals surface area contributed by atoms with Gasteiger partial charge in [-0.3, -0.25) is 4.99 Å². The molecular weight excluding hydrogens is 294 g/mol. The van der Waals surface area contributed by atoms with Crippen LogP contribution < -0.4 is 10.6 Å². The number of guanidine groups is 1.